The number of carbonyl (C=O) groups excluding carboxylic acids is 1. The third-order valence-electron chi connectivity index (χ3n) is 7.70. The lowest BCUT2D eigenvalue weighted by molar-refractivity contribution is 0.0998. The third kappa shape index (κ3) is 7.52. The van der Waals surface area contributed by atoms with Gasteiger partial charge < -0.3 is 15.2 Å². The number of anilines is 1. The van der Waals surface area contributed by atoms with Crippen LogP contribution in [0.3, 0.4) is 0 Å². The maximum absolute atomic E-state index is 12.7. The van der Waals surface area contributed by atoms with Crippen molar-refractivity contribution in [1.82, 2.24) is 9.47 Å². The molecular formula is C31H41Cl3N4O. The molecule has 1 aliphatic rings. The first-order valence-electron chi connectivity index (χ1n) is 13.9. The SMILES string of the molecule is CCCCCCn1c(C)c(C(N)=O)c(CCCN2CCN(c3cccc(Cl)c3Cl)CC2)c1-c1ccccc1.Cl. The summed E-state index contributed by atoms with van der Waals surface area (Å²) in [6.45, 7) is 9.92. The number of hydrogen-bond donors (Lipinski definition) is 1. The van der Waals surface area contributed by atoms with Crippen molar-refractivity contribution in [2.45, 2.75) is 58.9 Å². The van der Waals surface area contributed by atoms with Crippen LogP contribution in [0.5, 0.6) is 0 Å². The Morgan fingerprint density at radius 1 is 0.897 bits per heavy atom. The van der Waals surface area contributed by atoms with Gasteiger partial charge in [0.2, 0.25) is 0 Å². The van der Waals surface area contributed by atoms with Crippen LogP contribution in [0.4, 0.5) is 5.69 Å². The van der Waals surface area contributed by atoms with Crippen LogP contribution in [0.15, 0.2) is 48.5 Å². The fourth-order valence-electron chi connectivity index (χ4n) is 5.70. The number of aromatic nitrogens is 1. The van der Waals surface area contributed by atoms with Gasteiger partial charge in [-0.25, -0.2) is 0 Å². The molecule has 5 nitrogen and oxygen atoms in total. The summed E-state index contributed by atoms with van der Waals surface area (Å²) in [6.07, 6.45) is 6.52. The Hall–Kier alpha value is -2.18. The van der Waals surface area contributed by atoms with Gasteiger partial charge in [-0.2, -0.15) is 0 Å². The maximum Gasteiger partial charge on any atom is 0.250 e. The van der Waals surface area contributed by atoms with Gasteiger partial charge >= 0.3 is 0 Å². The number of nitrogens with two attached hydrogens (primary N) is 1. The summed E-state index contributed by atoms with van der Waals surface area (Å²) < 4.78 is 2.34. The standard InChI is InChI=1S/C31H40Cl2N4O.ClH/c1-3-4-5-9-18-37-23(2)28(31(34)38)25(30(37)24-12-7-6-8-13-24)14-11-17-35-19-21-36(22-20-35)27-16-10-15-26(32)29(27)33;/h6-8,10,12-13,15-16H,3-5,9,11,14,17-22H2,1-2H3,(H2,34,38);1H. The van der Waals surface area contributed by atoms with E-state index in [0.717, 1.165) is 86.7 Å². The number of hydrogen-bond acceptors (Lipinski definition) is 3. The van der Waals surface area contributed by atoms with Gasteiger partial charge in [0.1, 0.15) is 0 Å². The van der Waals surface area contributed by atoms with Gasteiger partial charge in [-0.3, -0.25) is 9.69 Å². The molecule has 1 saturated heterocycles. The molecule has 0 atom stereocenters. The molecular weight excluding hydrogens is 551 g/mol. The highest BCUT2D eigenvalue weighted by molar-refractivity contribution is 6.43. The van der Waals surface area contributed by atoms with E-state index in [0.29, 0.717) is 15.6 Å². The van der Waals surface area contributed by atoms with Gasteiger partial charge in [0.15, 0.2) is 0 Å². The molecule has 1 aliphatic heterocycles. The minimum absolute atomic E-state index is 0. The molecule has 0 unspecified atom stereocenters. The predicted octanol–water partition coefficient (Wildman–Crippen LogP) is 7.63. The number of amides is 1. The topological polar surface area (TPSA) is 54.5 Å². The summed E-state index contributed by atoms with van der Waals surface area (Å²) in [5, 5.41) is 1.23. The zero-order valence-electron chi connectivity index (χ0n) is 23.1. The molecule has 0 spiro atoms. The van der Waals surface area contributed by atoms with Crippen LogP contribution >= 0.6 is 35.6 Å². The van der Waals surface area contributed by atoms with E-state index in [-0.39, 0.29) is 18.3 Å². The number of piperazine rings is 1. The summed E-state index contributed by atoms with van der Waals surface area (Å²) in [6, 6.07) is 16.3. The van der Waals surface area contributed by atoms with Crippen molar-refractivity contribution in [3.05, 3.63) is 75.4 Å². The second-order valence-corrected chi connectivity index (χ2v) is 11.0. The fourth-order valence-corrected chi connectivity index (χ4v) is 6.12. The molecule has 2 N–H and O–H groups in total. The smallest absolute Gasteiger partial charge is 0.250 e. The number of halogens is 3. The third-order valence-corrected chi connectivity index (χ3v) is 8.51. The van der Waals surface area contributed by atoms with E-state index in [1.807, 2.05) is 24.3 Å². The second kappa shape index (κ2) is 15.0. The van der Waals surface area contributed by atoms with Crippen LogP contribution in [0.1, 0.15) is 60.6 Å². The Labute approximate surface area is 249 Å². The Balaban J connectivity index is 0.00000420. The largest absolute Gasteiger partial charge is 0.368 e. The van der Waals surface area contributed by atoms with Crippen LogP contribution in [0.2, 0.25) is 10.0 Å². The van der Waals surface area contributed by atoms with E-state index in [1.54, 1.807) is 0 Å². The zero-order valence-corrected chi connectivity index (χ0v) is 25.4. The summed E-state index contributed by atoms with van der Waals surface area (Å²) >= 11 is 12.7. The first kappa shape index (κ1) is 31.3. The summed E-state index contributed by atoms with van der Waals surface area (Å²) in [4.78, 5) is 17.5. The Morgan fingerprint density at radius 3 is 2.28 bits per heavy atom. The highest BCUT2D eigenvalue weighted by atomic mass is 35.5. The number of unbranched alkanes of at least 4 members (excludes halogenated alkanes) is 3. The predicted molar refractivity (Wildman–Crippen MR) is 168 cm³/mol. The molecule has 2 aromatic carbocycles. The average Bonchev–Trinajstić information content (AvgIpc) is 3.20. The highest BCUT2D eigenvalue weighted by Crippen LogP contribution is 2.34. The maximum atomic E-state index is 12.7. The van der Waals surface area contributed by atoms with Gasteiger partial charge in [0.25, 0.3) is 5.91 Å². The molecule has 8 heteroatoms. The molecule has 0 saturated carbocycles. The molecule has 2 heterocycles. The summed E-state index contributed by atoms with van der Waals surface area (Å²) in [5.74, 6) is -0.325. The van der Waals surface area contributed by atoms with Crippen molar-refractivity contribution in [3.8, 4) is 11.3 Å². The van der Waals surface area contributed by atoms with Crippen LogP contribution in [-0.4, -0.2) is 48.1 Å². The van der Waals surface area contributed by atoms with Gasteiger partial charge in [-0.15, -0.1) is 12.4 Å². The number of rotatable bonds is 12. The molecule has 1 aromatic heterocycles. The summed E-state index contributed by atoms with van der Waals surface area (Å²) in [5.41, 5.74) is 12.1. The van der Waals surface area contributed by atoms with Crippen molar-refractivity contribution in [3.63, 3.8) is 0 Å². The van der Waals surface area contributed by atoms with Gasteiger partial charge in [-0.1, -0.05) is 85.8 Å². The van der Waals surface area contributed by atoms with Crippen molar-refractivity contribution >= 4 is 47.2 Å². The number of benzene rings is 2. The molecule has 0 aliphatic carbocycles. The molecule has 39 heavy (non-hydrogen) atoms. The number of primary amides is 1. The highest BCUT2D eigenvalue weighted by Gasteiger charge is 2.25. The van der Waals surface area contributed by atoms with E-state index in [4.69, 9.17) is 28.9 Å². The molecule has 4 rings (SSSR count). The monoisotopic (exact) mass is 590 g/mol. The molecule has 212 valence electrons. The molecule has 1 fully saturated rings. The lowest BCUT2D eigenvalue weighted by Gasteiger charge is -2.36. The van der Waals surface area contributed by atoms with Crippen LogP contribution in [0.25, 0.3) is 11.3 Å². The molecule has 1 amide bonds. The first-order chi connectivity index (χ1) is 18.4. The van der Waals surface area contributed by atoms with Crippen LogP contribution < -0.4 is 10.6 Å². The van der Waals surface area contributed by atoms with Crippen molar-refractivity contribution in [1.29, 1.82) is 0 Å². The van der Waals surface area contributed by atoms with Gasteiger partial charge in [0.05, 0.1) is 27.0 Å². The lowest BCUT2D eigenvalue weighted by Crippen LogP contribution is -2.46. The van der Waals surface area contributed by atoms with E-state index in [1.165, 1.54) is 19.3 Å². The first-order valence-corrected chi connectivity index (χ1v) is 14.7. The van der Waals surface area contributed by atoms with Crippen LogP contribution in [-0.2, 0) is 13.0 Å². The van der Waals surface area contributed by atoms with E-state index in [2.05, 4.69) is 52.5 Å². The molecule has 0 bridgehead atoms. The zero-order chi connectivity index (χ0) is 27.1. The lowest BCUT2D eigenvalue weighted by atomic mass is 9.99. The van der Waals surface area contributed by atoms with E-state index in [9.17, 15) is 4.79 Å². The van der Waals surface area contributed by atoms with Gasteiger partial charge in [-0.05, 0) is 56.0 Å². The Bertz CT molecular complexity index is 1220. The minimum atomic E-state index is -0.325. The number of carbonyl (C=O) groups is 1. The average molecular weight is 592 g/mol. The Kier molecular flexibility index (Phi) is 12.1. The van der Waals surface area contributed by atoms with Crippen molar-refractivity contribution in [2.24, 2.45) is 5.73 Å². The van der Waals surface area contributed by atoms with Crippen molar-refractivity contribution in [2.75, 3.05) is 37.6 Å². The molecule has 0 radical (unpaired) electrons. The van der Waals surface area contributed by atoms with Crippen molar-refractivity contribution < 1.29 is 4.79 Å². The Morgan fingerprint density at radius 2 is 1.62 bits per heavy atom. The van der Waals surface area contributed by atoms with E-state index >= 15 is 0 Å². The quantitative estimate of drug-likeness (QED) is 0.220. The minimum Gasteiger partial charge on any atom is -0.368 e. The van der Waals surface area contributed by atoms with E-state index < -0.39 is 0 Å². The number of nitrogens with zero attached hydrogens (tertiary/aromatic N) is 3. The van der Waals surface area contributed by atoms with Gasteiger partial charge in [0, 0.05) is 38.4 Å². The molecule has 3 aromatic rings. The normalized spacial score (nSPS) is 13.9. The second-order valence-electron chi connectivity index (χ2n) is 10.2. The summed E-state index contributed by atoms with van der Waals surface area (Å²) in [7, 11) is 0. The van der Waals surface area contributed by atoms with Crippen LogP contribution in [0, 0.1) is 6.92 Å². The fraction of sp³-hybridized carbons (Fsp3) is 0.452.